The van der Waals surface area contributed by atoms with Gasteiger partial charge in [0.2, 0.25) is 0 Å². The van der Waals surface area contributed by atoms with E-state index in [1.165, 1.54) is 19.3 Å². The summed E-state index contributed by atoms with van der Waals surface area (Å²) >= 11 is 0. The Morgan fingerprint density at radius 2 is 1.83 bits per heavy atom. The molecule has 2 heterocycles. The van der Waals surface area contributed by atoms with E-state index in [1.807, 2.05) is 56.3 Å². The first-order valence-electron chi connectivity index (χ1n) is 12.1. The van der Waals surface area contributed by atoms with E-state index >= 15 is 0 Å². The second kappa shape index (κ2) is 11.0. The van der Waals surface area contributed by atoms with Crippen molar-refractivity contribution in [2.75, 3.05) is 19.0 Å². The first-order chi connectivity index (χ1) is 17.0. The van der Waals surface area contributed by atoms with Gasteiger partial charge in [-0.3, -0.25) is 4.79 Å². The van der Waals surface area contributed by atoms with E-state index in [-0.39, 0.29) is 5.91 Å². The van der Waals surface area contributed by atoms with Crippen molar-refractivity contribution in [2.24, 2.45) is 0 Å². The van der Waals surface area contributed by atoms with Crippen molar-refractivity contribution < 1.29 is 14.3 Å². The van der Waals surface area contributed by atoms with E-state index < -0.39 is 0 Å². The Morgan fingerprint density at radius 1 is 1.03 bits per heavy atom. The van der Waals surface area contributed by atoms with E-state index in [4.69, 9.17) is 14.5 Å². The van der Waals surface area contributed by atoms with Crippen molar-refractivity contribution in [1.29, 1.82) is 0 Å². The predicted molar refractivity (Wildman–Crippen MR) is 139 cm³/mol. The van der Waals surface area contributed by atoms with Crippen LogP contribution >= 0.6 is 0 Å². The van der Waals surface area contributed by atoms with Gasteiger partial charge in [0.25, 0.3) is 5.91 Å². The second-order valence-electron chi connectivity index (χ2n) is 8.62. The first-order valence-corrected chi connectivity index (χ1v) is 12.1. The van der Waals surface area contributed by atoms with Gasteiger partial charge in [-0.2, -0.15) is 9.78 Å². The molecular weight excluding hydrogens is 440 g/mol. The number of carbonyl (C=O) groups excluding carboxylic acids is 1. The summed E-state index contributed by atoms with van der Waals surface area (Å²) in [6.07, 6.45) is 4.63. The van der Waals surface area contributed by atoms with Crippen LogP contribution in [0, 0.1) is 13.8 Å². The Hall–Kier alpha value is -3.87. The van der Waals surface area contributed by atoms with E-state index in [0.29, 0.717) is 29.6 Å². The van der Waals surface area contributed by atoms with Gasteiger partial charge in [-0.25, -0.2) is 4.98 Å². The Kier molecular flexibility index (Phi) is 7.65. The summed E-state index contributed by atoms with van der Waals surface area (Å²) in [6.45, 7) is 6.78. The fraction of sp³-hybridized carbons (Fsp3) is 0.321. The quantitative estimate of drug-likeness (QED) is 0.276. The van der Waals surface area contributed by atoms with E-state index in [1.54, 1.807) is 23.9 Å². The highest BCUT2D eigenvalue weighted by atomic mass is 16.5. The van der Waals surface area contributed by atoms with Crippen molar-refractivity contribution in [3.8, 4) is 17.3 Å². The minimum atomic E-state index is -0.226. The van der Waals surface area contributed by atoms with Gasteiger partial charge < -0.3 is 14.8 Å². The number of carbonyl (C=O) groups is 1. The topological polar surface area (TPSA) is 78.3 Å². The number of hydrogen-bond acceptors (Lipinski definition) is 5. The summed E-state index contributed by atoms with van der Waals surface area (Å²) in [6, 6.07) is 16.8. The molecule has 35 heavy (non-hydrogen) atoms. The normalized spacial score (nSPS) is 11.0. The van der Waals surface area contributed by atoms with Crippen molar-refractivity contribution >= 4 is 22.6 Å². The Morgan fingerprint density at radius 3 is 2.57 bits per heavy atom. The molecule has 0 fully saturated rings. The zero-order chi connectivity index (χ0) is 24.8. The summed E-state index contributed by atoms with van der Waals surface area (Å²) in [5.74, 6) is 2.38. The molecule has 0 aliphatic heterocycles. The van der Waals surface area contributed by atoms with Gasteiger partial charge in [0.05, 0.1) is 19.4 Å². The van der Waals surface area contributed by atoms with Crippen molar-refractivity contribution in [3.63, 3.8) is 0 Å². The number of ether oxygens (including phenoxy) is 2. The van der Waals surface area contributed by atoms with Gasteiger partial charge in [0.1, 0.15) is 22.8 Å². The van der Waals surface area contributed by atoms with Gasteiger partial charge in [0.15, 0.2) is 5.82 Å². The number of hydrogen-bond donors (Lipinski definition) is 1. The van der Waals surface area contributed by atoms with Crippen LogP contribution in [0.1, 0.15) is 54.2 Å². The maximum Gasteiger partial charge on any atom is 0.256 e. The summed E-state index contributed by atoms with van der Waals surface area (Å²) in [5, 5.41) is 8.57. The molecule has 0 saturated carbocycles. The molecule has 2 aromatic carbocycles. The number of unbranched alkanes of at least 4 members (excludes halogenated alkanes) is 3. The lowest BCUT2D eigenvalue weighted by atomic mass is 10.1. The van der Waals surface area contributed by atoms with E-state index in [9.17, 15) is 4.79 Å². The predicted octanol–water partition coefficient (Wildman–Crippen LogP) is 6.26. The van der Waals surface area contributed by atoms with Crippen molar-refractivity contribution in [2.45, 2.75) is 46.5 Å². The minimum Gasteiger partial charge on any atom is -0.494 e. The molecule has 0 saturated heterocycles. The molecule has 2 aromatic heterocycles. The summed E-state index contributed by atoms with van der Waals surface area (Å²) < 4.78 is 12.9. The molecule has 0 spiro atoms. The average Bonchev–Trinajstić information content (AvgIpc) is 3.23. The maximum absolute atomic E-state index is 13.0. The lowest BCUT2D eigenvalue weighted by molar-refractivity contribution is 0.102. The molecule has 4 rings (SSSR count). The molecule has 0 atom stereocenters. The molecule has 182 valence electrons. The molecule has 7 nitrogen and oxygen atoms in total. The molecule has 0 aliphatic rings. The summed E-state index contributed by atoms with van der Waals surface area (Å²) in [7, 11) is 1.63. The molecular formula is C28H32N4O3. The molecule has 1 N–H and O–H groups in total. The fourth-order valence-electron chi connectivity index (χ4n) is 4.02. The maximum atomic E-state index is 13.0. The van der Waals surface area contributed by atoms with Crippen LogP contribution in [0.3, 0.4) is 0 Å². The molecule has 1 amide bonds. The number of benzene rings is 2. The molecule has 0 aliphatic carbocycles. The molecule has 0 radical (unpaired) electrons. The van der Waals surface area contributed by atoms with Gasteiger partial charge in [0, 0.05) is 17.0 Å². The fourth-order valence-corrected chi connectivity index (χ4v) is 4.02. The molecule has 4 aromatic rings. The zero-order valence-corrected chi connectivity index (χ0v) is 20.8. The van der Waals surface area contributed by atoms with Crippen LogP contribution in [0.2, 0.25) is 0 Å². The first kappa shape index (κ1) is 24.3. The number of methoxy groups -OCH3 is 1. The number of rotatable bonds is 10. The minimum absolute atomic E-state index is 0.226. The van der Waals surface area contributed by atoms with Crippen molar-refractivity contribution in [1.82, 2.24) is 14.8 Å². The van der Waals surface area contributed by atoms with Gasteiger partial charge >= 0.3 is 0 Å². The standard InChI is InChI=1S/C28H32N4O3/c1-5-6-7-8-16-35-22-14-12-21(13-15-22)28(33)30-26-18-20(3)31-32(26)25-17-19(2)23-10-9-11-24(34-4)27(23)29-25/h9-15,17-18H,5-8,16H2,1-4H3,(H,30,33). The second-order valence-corrected chi connectivity index (χ2v) is 8.62. The highest BCUT2D eigenvalue weighted by Crippen LogP contribution is 2.28. The Balaban J connectivity index is 1.53. The van der Waals surface area contributed by atoms with Crippen LogP contribution in [0.15, 0.2) is 54.6 Å². The Bertz CT molecular complexity index is 1310. The summed E-state index contributed by atoms with van der Waals surface area (Å²) in [5.41, 5.74) is 3.10. The number of fused-ring (bicyclic) bond motifs is 1. The van der Waals surface area contributed by atoms with Crippen LogP contribution in [0.5, 0.6) is 11.5 Å². The highest BCUT2D eigenvalue weighted by Gasteiger charge is 2.16. The lowest BCUT2D eigenvalue weighted by Crippen LogP contribution is -2.15. The number of anilines is 1. The number of aryl methyl sites for hydroxylation is 2. The largest absolute Gasteiger partial charge is 0.494 e. The SMILES string of the molecule is CCCCCCOc1ccc(C(=O)Nc2cc(C)nn2-c2cc(C)c3cccc(OC)c3n2)cc1. The Labute approximate surface area is 206 Å². The number of nitrogens with zero attached hydrogens (tertiary/aromatic N) is 3. The third kappa shape index (κ3) is 5.62. The average molecular weight is 473 g/mol. The number of pyridine rings is 1. The highest BCUT2D eigenvalue weighted by molar-refractivity contribution is 6.04. The van der Waals surface area contributed by atoms with Crippen LogP contribution < -0.4 is 14.8 Å². The number of para-hydroxylation sites is 1. The third-order valence-corrected chi connectivity index (χ3v) is 5.89. The van der Waals surface area contributed by atoms with E-state index in [2.05, 4.69) is 17.3 Å². The van der Waals surface area contributed by atoms with Crippen LogP contribution in [0.4, 0.5) is 5.82 Å². The van der Waals surface area contributed by atoms with Crippen LogP contribution in [-0.4, -0.2) is 34.4 Å². The smallest absolute Gasteiger partial charge is 0.256 e. The number of aromatic nitrogens is 3. The van der Waals surface area contributed by atoms with Crippen LogP contribution in [-0.2, 0) is 0 Å². The van der Waals surface area contributed by atoms with Crippen molar-refractivity contribution in [3.05, 3.63) is 71.4 Å². The van der Waals surface area contributed by atoms with Gasteiger partial charge in [-0.1, -0.05) is 38.3 Å². The van der Waals surface area contributed by atoms with Gasteiger partial charge in [-0.05, 0) is 62.2 Å². The monoisotopic (exact) mass is 472 g/mol. The zero-order valence-electron chi connectivity index (χ0n) is 20.8. The molecule has 0 bridgehead atoms. The number of nitrogens with one attached hydrogen (secondary N) is 1. The molecule has 0 unspecified atom stereocenters. The third-order valence-electron chi connectivity index (χ3n) is 5.89. The van der Waals surface area contributed by atoms with Crippen LogP contribution in [0.25, 0.3) is 16.7 Å². The van der Waals surface area contributed by atoms with Gasteiger partial charge in [-0.15, -0.1) is 0 Å². The lowest BCUT2D eigenvalue weighted by Gasteiger charge is -2.12. The molecule has 7 heteroatoms. The summed E-state index contributed by atoms with van der Waals surface area (Å²) in [4.78, 5) is 17.8. The number of amides is 1. The van der Waals surface area contributed by atoms with E-state index in [0.717, 1.165) is 34.3 Å².